The van der Waals surface area contributed by atoms with E-state index in [9.17, 15) is 0 Å². The Morgan fingerprint density at radius 2 is 2.35 bits per heavy atom. The summed E-state index contributed by atoms with van der Waals surface area (Å²) in [7, 11) is 1.66. The van der Waals surface area contributed by atoms with Gasteiger partial charge in [-0.3, -0.25) is 0 Å². The van der Waals surface area contributed by atoms with Crippen molar-refractivity contribution in [3.63, 3.8) is 0 Å². The van der Waals surface area contributed by atoms with E-state index in [-0.39, 0.29) is 0 Å². The van der Waals surface area contributed by atoms with Crippen molar-refractivity contribution in [1.29, 1.82) is 0 Å². The summed E-state index contributed by atoms with van der Waals surface area (Å²) in [5.41, 5.74) is 0.925. The Hall–Kier alpha value is -0.930. The van der Waals surface area contributed by atoms with Crippen LogP contribution in [0.3, 0.4) is 0 Å². The first-order chi connectivity index (χ1) is 8.29. The molecular weight excluding hydrogens is 238 g/mol. The van der Waals surface area contributed by atoms with Crippen LogP contribution in [0.25, 0.3) is 0 Å². The van der Waals surface area contributed by atoms with Crippen molar-refractivity contribution < 1.29 is 9.47 Å². The van der Waals surface area contributed by atoms with Crippen molar-refractivity contribution in [1.82, 2.24) is 0 Å². The third kappa shape index (κ3) is 3.51. The number of hydrogen-bond donors (Lipinski definition) is 1. The highest BCUT2D eigenvalue weighted by molar-refractivity contribution is 6.30. The molecule has 0 radical (unpaired) electrons. The van der Waals surface area contributed by atoms with Crippen LogP contribution in [0, 0.1) is 0 Å². The molecule has 1 heterocycles. The first-order valence-corrected chi connectivity index (χ1v) is 6.36. The summed E-state index contributed by atoms with van der Waals surface area (Å²) in [6, 6.07) is 5.57. The molecule has 0 saturated carbocycles. The lowest BCUT2D eigenvalue weighted by Gasteiger charge is -2.23. The number of nitrogens with one attached hydrogen (secondary N) is 1. The predicted octanol–water partition coefficient (Wildman–Crippen LogP) is 3.33. The quantitative estimate of drug-likeness (QED) is 0.895. The third-order valence-electron chi connectivity index (χ3n) is 2.96. The molecule has 0 spiro atoms. The maximum absolute atomic E-state index is 5.97. The summed E-state index contributed by atoms with van der Waals surface area (Å²) in [4.78, 5) is 0. The van der Waals surface area contributed by atoms with Gasteiger partial charge in [0.25, 0.3) is 0 Å². The molecule has 4 heteroatoms. The zero-order valence-corrected chi connectivity index (χ0v) is 10.8. The lowest BCUT2D eigenvalue weighted by molar-refractivity contribution is 0.0247. The van der Waals surface area contributed by atoms with E-state index in [0.717, 1.165) is 31.0 Å². The zero-order chi connectivity index (χ0) is 12.1. The van der Waals surface area contributed by atoms with Crippen LogP contribution in [0.4, 0.5) is 5.69 Å². The van der Waals surface area contributed by atoms with Gasteiger partial charge in [-0.05, 0) is 37.5 Å². The molecule has 17 heavy (non-hydrogen) atoms. The van der Waals surface area contributed by atoms with Gasteiger partial charge >= 0.3 is 0 Å². The summed E-state index contributed by atoms with van der Waals surface area (Å²) in [6.07, 6.45) is 3.85. The monoisotopic (exact) mass is 255 g/mol. The van der Waals surface area contributed by atoms with Gasteiger partial charge in [-0.2, -0.15) is 0 Å². The molecule has 1 fully saturated rings. The molecule has 0 amide bonds. The Morgan fingerprint density at radius 1 is 1.47 bits per heavy atom. The maximum atomic E-state index is 5.97. The van der Waals surface area contributed by atoms with Crippen LogP contribution in [0.2, 0.25) is 5.02 Å². The fourth-order valence-electron chi connectivity index (χ4n) is 2.01. The Morgan fingerprint density at radius 3 is 3.06 bits per heavy atom. The average molecular weight is 256 g/mol. The topological polar surface area (TPSA) is 30.5 Å². The Bertz CT molecular complexity index is 364. The maximum Gasteiger partial charge on any atom is 0.142 e. The highest BCUT2D eigenvalue weighted by Gasteiger charge is 2.14. The molecule has 1 atom stereocenters. The highest BCUT2D eigenvalue weighted by atomic mass is 35.5. The van der Waals surface area contributed by atoms with Crippen molar-refractivity contribution in [2.24, 2.45) is 0 Å². The molecule has 2 rings (SSSR count). The number of anilines is 1. The second-order valence-corrected chi connectivity index (χ2v) is 4.65. The third-order valence-corrected chi connectivity index (χ3v) is 3.19. The van der Waals surface area contributed by atoms with Gasteiger partial charge in [0.05, 0.1) is 18.9 Å². The number of benzene rings is 1. The van der Waals surface area contributed by atoms with E-state index in [1.165, 1.54) is 12.8 Å². The molecule has 1 N–H and O–H groups in total. The SMILES string of the molecule is COc1ccc(Cl)cc1NCC1CCCCO1. The van der Waals surface area contributed by atoms with E-state index in [0.29, 0.717) is 11.1 Å². The second kappa shape index (κ2) is 6.12. The van der Waals surface area contributed by atoms with Gasteiger partial charge in [0.2, 0.25) is 0 Å². The number of hydrogen-bond acceptors (Lipinski definition) is 3. The first-order valence-electron chi connectivity index (χ1n) is 5.98. The first kappa shape index (κ1) is 12.5. The molecule has 1 unspecified atom stereocenters. The smallest absolute Gasteiger partial charge is 0.142 e. The number of halogens is 1. The van der Waals surface area contributed by atoms with Gasteiger partial charge in [0.15, 0.2) is 0 Å². The van der Waals surface area contributed by atoms with Crippen molar-refractivity contribution in [3.05, 3.63) is 23.2 Å². The molecule has 1 saturated heterocycles. The summed E-state index contributed by atoms with van der Waals surface area (Å²) in [6.45, 7) is 1.68. The summed E-state index contributed by atoms with van der Waals surface area (Å²) in [5, 5.41) is 4.05. The molecule has 1 aliphatic heterocycles. The van der Waals surface area contributed by atoms with Crippen molar-refractivity contribution in [2.75, 3.05) is 25.6 Å². The van der Waals surface area contributed by atoms with Crippen LogP contribution in [-0.2, 0) is 4.74 Å². The average Bonchev–Trinajstić information content (AvgIpc) is 2.38. The predicted molar refractivity (Wildman–Crippen MR) is 70.1 cm³/mol. The van der Waals surface area contributed by atoms with E-state index >= 15 is 0 Å². The van der Waals surface area contributed by atoms with Crippen molar-refractivity contribution in [2.45, 2.75) is 25.4 Å². The normalized spacial score (nSPS) is 20.0. The number of ether oxygens (including phenoxy) is 2. The van der Waals surface area contributed by atoms with Gasteiger partial charge < -0.3 is 14.8 Å². The minimum Gasteiger partial charge on any atom is -0.495 e. The summed E-state index contributed by atoms with van der Waals surface area (Å²) in [5.74, 6) is 0.810. The molecule has 0 aliphatic carbocycles. The van der Waals surface area contributed by atoms with Gasteiger partial charge in [-0.15, -0.1) is 0 Å². The molecule has 3 nitrogen and oxygen atoms in total. The highest BCUT2D eigenvalue weighted by Crippen LogP contribution is 2.28. The van der Waals surface area contributed by atoms with E-state index < -0.39 is 0 Å². The fraction of sp³-hybridized carbons (Fsp3) is 0.538. The minimum absolute atomic E-state index is 0.299. The van der Waals surface area contributed by atoms with Crippen LogP contribution >= 0.6 is 11.6 Å². The van der Waals surface area contributed by atoms with Crippen molar-refractivity contribution in [3.8, 4) is 5.75 Å². The van der Waals surface area contributed by atoms with Crippen LogP contribution < -0.4 is 10.1 Å². The van der Waals surface area contributed by atoms with Gasteiger partial charge in [-0.1, -0.05) is 11.6 Å². The molecular formula is C13H18ClNO2. The van der Waals surface area contributed by atoms with E-state index in [1.54, 1.807) is 7.11 Å². The molecule has 0 aromatic heterocycles. The molecule has 1 aromatic rings. The minimum atomic E-state index is 0.299. The summed E-state index contributed by atoms with van der Waals surface area (Å²) >= 11 is 5.97. The molecule has 1 aliphatic rings. The van der Waals surface area contributed by atoms with E-state index in [2.05, 4.69) is 5.32 Å². The van der Waals surface area contributed by atoms with Crippen molar-refractivity contribution >= 4 is 17.3 Å². The van der Waals surface area contributed by atoms with Crippen LogP contribution in [0.15, 0.2) is 18.2 Å². The Balaban J connectivity index is 1.95. The van der Waals surface area contributed by atoms with Gasteiger partial charge in [-0.25, -0.2) is 0 Å². The number of rotatable bonds is 4. The largest absolute Gasteiger partial charge is 0.495 e. The molecule has 0 bridgehead atoms. The Kier molecular flexibility index (Phi) is 4.51. The number of methoxy groups -OCH3 is 1. The van der Waals surface area contributed by atoms with Crippen LogP contribution in [0.5, 0.6) is 5.75 Å². The van der Waals surface area contributed by atoms with Gasteiger partial charge in [0.1, 0.15) is 5.75 Å². The van der Waals surface area contributed by atoms with E-state index in [4.69, 9.17) is 21.1 Å². The molecule has 1 aromatic carbocycles. The van der Waals surface area contributed by atoms with Crippen LogP contribution in [-0.4, -0.2) is 26.4 Å². The lowest BCUT2D eigenvalue weighted by atomic mass is 10.1. The molecule has 94 valence electrons. The zero-order valence-electron chi connectivity index (χ0n) is 10.0. The summed E-state index contributed by atoms with van der Waals surface area (Å²) < 4.78 is 10.9. The standard InChI is InChI=1S/C13H18ClNO2/c1-16-13-6-5-10(14)8-12(13)15-9-11-4-2-3-7-17-11/h5-6,8,11,15H,2-4,7,9H2,1H3. The van der Waals surface area contributed by atoms with Gasteiger partial charge in [0, 0.05) is 18.2 Å². The van der Waals surface area contributed by atoms with Crippen LogP contribution in [0.1, 0.15) is 19.3 Å². The lowest BCUT2D eigenvalue weighted by Crippen LogP contribution is -2.27. The fourth-order valence-corrected chi connectivity index (χ4v) is 2.18. The second-order valence-electron chi connectivity index (χ2n) is 4.21. The van der Waals surface area contributed by atoms with E-state index in [1.807, 2.05) is 18.2 Å². The Labute approximate surface area is 107 Å².